The Morgan fingerprint density at radius 2 is 1.02 bits per heavy atom. The molecule has 1 nitrogen and oxygen atoms in total. The first-order valence-corrected chi connectivity index (χ1v) is 16.8. The fourth-order valence-electron chi connectivity index (χ4n) is 9.10. The number of rotatable bonds is 2. The van der Waals surface area contributed by atoms with Crippen LogP contribution in [0.5, 0.6) is 0 Å². The first kappa shape index (κ1) is 25.9. The third-order valence-electron chi connectivity index (χ3n) is 11.0. The normalized spacial score (nSPS) is 13.6. The summed E-state index contributed by atoms with van der Waals surface area (Å²) >= 11 is 0. The van der Waals surface area contributed by atoms with Crippen molar-refractivity contribution in [3.8, 4) is 39.1 Å². The van der Waals surface area contributed by atoms with Gasteiger partial charge >= 0.3 is 0 Å². The van der Waals surface area contributed by atoms with Gasteiger partial charge in [0.25, 0.3) is 0 Å². The van der Waals surface area contributed by atoms with Crippen LogP contribution >= 0.6 is 0 Å². The van der Waals surface area contributed by atoms with E-state index in [9.17, 15) is 0 Å². The van der Waals surface area contributed by atoms with Crippen molar-refractivity contribution in [2.45, 2.75) is 5.41 Å². The molecule has 8 aromatic carbocycles. The van der Waals surface area contributed by atoms with Gasteiger partial charge in [-0.3, -0.25) is 0 Å². The summed E-state index contributed by atoms with van der Waals surface area (Å²) in [5.74, 6) is 0. The zero-order chi connectivity index (χ0) is 31.4. The fourth-order valence-corrected chi connectivity index (χ4v) is 9.10. The monoisotopic (exact) mass is 607 g/mol. The molecule has 2 aliphatic rings. The largest absolute Gasteiger partial charge is 0.309 e. The number of fused-ring (bicyclic) bond motifs is 15. The van der Waals surface area contributed by atoms with E-state index in [1.54, 1.807) is 0 Å². The predicted molar refractivity (Wildman–Crippen MR) is 200 cm³/mol. The molecule has 1 heterocycles. The van der Waals surface area contributed by atoms with Gasteiger partial charge in [0.15, 0.2) is 0 Å². The van der Waals surface area contributed by atoms with Gasteiger partial charge in [0.2, 0.25) is 0 Å². The number of hydrogen-bond donors (Lipinski definition) is 0. The highest BCUT2D eigenvalue weighted by Crippen LogP contribution is 2.64. The lowest BCUT2D eigenvalue weighted by molar-refractivity contribution is 0.795. The second-order valence-corrected chi connectivity index (χ2v) is 13.2. The lowest BCUT2D eigenvalue weighted by atomic mass is 9.70. The van der Waals surface area contributed by atoms with Gasteiger partial charge in [0, 0.05) is 16.5 Å². The molecule has 0 fully saturated rings. The van der Waals surface area contributed by atoms with Crippen LogP contribution in [0.25, 0.3) is 71.6 Å². The Kier molecular flexibility index (Phi) is 5.10. The molecular weight excluding hydrogens is 579 g/mol. The standard InChI is InChI=1S/C47H29N/c1-2-13-30(14-3-1)32-16-12-17-33(27-32)48-44-24-11-8-21-37(44)38-28-39-43(29-45(38)48)47(42-26-25-31-15-4-5-18-34(31)46(39)42)40-22-9-6-19-35(40)36-20-7-10-23-41(36)47/h1-29H. The summed E-state index contributed by atoms with van der Waals surface area (Å²) in [6, 6.07) is 65.5. The lowest BCUT2D eigenvalue weighted by Gasteiger charge is -2.30. The smallest absolute Gasteiger partial charge is 0.0726 e. The van der Waals surface area contributed by atoms with Gasteiger partial charge in [0.05, 0.1) is 16.4 Å². The van der Waals surface area contributed by atoms with Crippen LogP contribution in [0.1, 0.15) is 22.3 Å². The van der Waals surface area contributed by atoms with Crippen molar-refractivity contribution in [2.24, 2.45) is 0 Å². The van der Waals surface area contributed by atoms with Crippen LogP contribution in [0.15, 0.2) is 176 Å². The van der Waals surface area contributed by atoms with Gasteiger partial charge in [-0.15, -0.1) is 0 Å². The minimum absolute atomic E-state index is 0.413. The SMILES string of the molecule is c1ccc(-c2cccc(-n3c4ccccc4c4cc5c(cc43)C3(c4ccccc4-c4ccccc43)c3ccc4ccccc4c3-5)c2)cc1. The van der Waals surface area contributed by atoms with Crippen molar-refractivity contribution in [3.05, 3.63) is 198 Å². The Morgan fingerprint density at radius 1 is 0.354 bits per heavy atom. The van der Waals surface area contributed by atoms with Crippen LogP contribution in [0.4, 0.5) is 0 Å². The molecule has 9 aromatic rings. The molecule has 0 radical (unpaired) electrons. The molecule has 0 saturated heterocycles. The molecule has 48 heavy (non-hydrogen) atoms. The van der Waals surface area contributed by atoms with E-state index in [-0.39, 0.29) is 0 Å². The second-order valence-electron chi connectivity index (χ2n) is 13.2. The minimum Gasteiger partial charge on any atom is -0.309 e. The zero-order valence-electron chi connectivity index (χ0n) is 26.2. The maximum atomic E-state index is 2.54. The molecule has 0 bridgehead atoms. The van der Waals surface area contributed by atoms with Crippen molar-refractivity contribution in [1.29, 1.82) is 0 Å². The number of benzene rings is 8. The molecule has 1 heteroatoms. The molecule has 222 valence electrons. The van der Waals surface area contributed by atoms with E-state index >= 15 is 0 Å². The Morgan fingerprint density at radius 3 is 1.83 bits per heavy atom. The maximum Gasteiger partial charge on any atom is 0.0726 e. The van der Waals surface area contributed by atoms with Gasteiger partial charge in [0.1, 0.15) is 0 Å². The summed E-state index contributed by atoms with van der Waals surface area (Å²) in [5, 5.41) is 5.15. The highest BCUT2D eigenvalue weighted by Gasteiger charge is 2.52. The molecule has 1 aromatic heterocycles. The summed E-state index contributed by atoms with van der Waals surface area (Å²) in [6.07, 6.45) is 0. The average Bonchev–Trinajstić information content (AvgIpc) is 3.76. The zero-order valence-corrected chi connectivity index (χ0v) is 26.2. The second kappa shape index (κ2) is 9.44. The van der Waals surface area contributed by atoms with Crippen LogP contribution in [-0.4, -0.2) is 4.57 Å². The summed E-state index contributed by atoms with van der Waals surface area (Å²) in [5.41, 5.74) is 16.5. The van der Waals surface area contributed by atoms with E-state index < -0.39 is 5.41 Å². The molecule has 1 spiro atoms. The van der Waals surface area contributed by atoms with E-state index in [4.69, 9.17) is 0 Å². The molecule has 0 amide bonds. The van der Waals surface area contributed by atoms with Gasteiger partial charge in [-0.1, -0.05) is 146 Å². The molecule has 2 aliphatic carbocycles. The van der Waals surface area contributed by atoms with Crippen LogP contribution in [-0.2, 0) is 5.41 Å². The van der Waals surface area contributed by atoms with E-state index in [2.05, 4.69) is 180 Å². The highest BCUT2D eigenvalue weighted by atomic mass is 15.0. The highest BCUT2D eigenvalue weighted by molar-refractivity contribution is 6.14. The Bertz CT molecular complexity index is 2740. The van der Waals surface area contributed by atoms with Crippen molar-refractivity contribution in [3.63, 3.8) is 0 Å². The van der Waals surface area contributed by atoms with Gasteiger partial charge in [-0.2, -0.15) is 0 Å². The topological polar surface area (TPSA) is 4.93 Å². The van der Waals surface area contributed by atoms with E-state index in [0.717, 1.165) is 0 Å². The Balaban J connectivity index is 1.31. The van der Waals surface area contributed by atoms with Crippen molar-refractivity contribution in [2.75, 3.05) is 0 Å². The average molecular weight is 608 g/mol. The third kappa shape index (κ3) is 3.21. The van der Waals surface area contributed by atoms with Gasteiger partial charge < -0.3 is 4.57 Å². The Hall–Kier alpha value is -6.18. The molecule has 0 N–H and O–H groups in total. The van der Waals surface area contributed by atoms with Crippen molar-refractivity contribution >= 4 is 32.6 Å². The van der Waals surface area contributed by atoms with E-state index in [1.807, 2.05) is 0 Å². The lowest BCUT2D eigenvalue weighted by Crippen LogP contribution is -2.25. The van der Waals surface area contributed by atoms with Gasteiger partial charge in [-0.25, -0.2) is 0 Å². The number of hydrogen-bond acceptors (Lipinski definition) is 0. The molecular formula is C47H29N. The fraction of sp³-hybridized carbons (Fsp3) is 0.0213. The molecule has 0 atom stereocenters. The number of aromatic nitrogens is 1. The number of nitrogens with zero attached hydrogens (tertiary/aromatic N) is 1. The van der Waals surface area contributed by atoms with Crippen molar-refractivity contribution in [1.82, 2.24) is 4.57 Å². The quantitative estimate of drug-likeness (QED) is 0.184. The summed E-state index contributed by atoms with van der Waals surface area (Å²) in [4.78, 5) is 0. The molecule has 0 saturated carbocycles. The van der Waals surface area contributed by atoms with Crippen LogP contribution in [0, 0.1) is 0 Å². The number of para-hydroxylation sites is 1. The molecule has 11 rings (SSSR count). The van der Waals surface area contributed by atoms with Gasteiger partial charge in [-0.05, 0) is 96.7 Å². The Labute approximate surface area is 279 Å². The summed E-state index contributed by atoms with van der Waals surface area (Å²) in [7, 11) is 0. The van der Waals surface area contributed by atoms with E-state index in [1.165, 1.54) is 93.9 Å². The summed E-state index contributed by atoms with van der Waals surface area (Å²) in [6.45, 7) is 0. The third-order valence-corrected chi connectivity index (χ3v) is 11.0. The molecule has 0 unspecified atom stereocenters. The molecule has 0 aliphatic heterocycles. The van der Waals surface area contributed by atoms with Crippen LogP contribution in [0.2, 0.25) is 0 Å². The minimum atomic E-state index is -0.413. The summed E-state index contributed by atoms with van der Waals surface area (Å²) < 4.78 is 2.49. The van der Waals surface area contributed by atoms with Crippen LogP contribution < -0.4 is 0 Å². The van der Waals surface area contributed by atoms with Crippen LogP contribution in [0.3, 0.4) is 0 Å². The first-order valence-electron chi connectivity index (χ1n) is 16.8. The van der Waals surface area contributed by atoms with E-state index in [0.29, 0.717) is 0 Å². The first-order chi connectivity index (χ1) is 23.8. The van der Waals surface area contributed by atoms with Crippen molar-refractivity contribution < 1.29 is 0 Å². The maximum absolute atomic E-state index is 2.54. The predicted octanol–water partition coefficient (Wildman–Crippen LogP) is 11.9.